The first-order valence-corrected chi connectivity index (χ1v) is 9.27. The Balaban J connectivity index is 1.61. The van der Waals surface area contributed by atoms with Crippen LogP contribution < -0.4 is 5.32 Å². The molecule has 30 heavy (non-hydrogen) atoms. The number of rotatable bonds is 7. The van der Waals surface area contributed by atoms with Crippen LogP contribution in [0.5, 0.6) is 0 Å². The second kappa shape index (κ2) is 9.08. The van der Waals surface area contributed by atoms with Gasteiger partial charge in [0.25, 0.3) is 5.91 Å². The molecule has 158 valence electrons. The van der Waals surface area contributed by atoms with Gasteiger partial charge in [-0.05, 0) is 31.7 Å². The highest BCUT2D eigenvalue weighted by Crippen LogP contribution is 2.29. The molecule has 1 aromatic heterocycles. The van der Waals surface area contributed by atoms with E-state index >= 15 is 0 Å². The first-order valence-electron chi connectivity index (χ1n) is 9.27. The number of aromatic nitrogens is 2. The van der Waals surface area contributed by atoms with Gasteiger partial charge < -0.3 is 14.7 Å². The van der Waals surface area contributed by atoms with Crippen LogP contribution >= 0.6 is 0 Å². The monoisotopic (exact) mass is 418 g/mol. The molecule has 6 nitrogen and oxygen atoms in total. The number of nitrogens with one attached hydrogen (secondary N) is 1. The molecule has 0 radical (unpaired) electrons. The van der Waals surface area contributed by atoms with Crippen LogP contribution in [-0.2, 0) is 12.7 Å². The van der Waals surface area contributed by atoms with Gasteiger partial charge in [-0.3, -0.25) is 4.79 Å². The molecule has 0 saturated carbocycles. The van der Waals surface area contributed by atoms with Crippen molar-refractivity contribution in [1.29, 1.82) is 0 Å². The van der Waals surface area contributed by atoms with E-state index in [9.17, 15) is 18.0 Å². The van der Waals surface area contributed by atoms with Gasteiger partial charge in [-0.2, -0.15) is 18.2 Å². The van der Waals surface area contributed by atoms with Gasteiger partial charge in [0, 0.05) is 30.3 Å². The number of alkyl halides is 3. The molecule has 0 aliphatic heterocycles. The van der Waals surface area contributed by atoms with Crippen LogP contribution in [-0.4, -0.2) is 40.6 Å². The Hall–Kier alpha value is -3.20. The first kappa shape index (κ1) is 21.5. The van der Waals surface area contributed by atoms with Crippen molar-refractivity contribution >= 4 is 5.91 Å². The molecule has 0 spiro atoms. The Morgan fingerprint density at radius 2 is 1.90 bits per heavy atom. The van der Waals surface area contributed by atoms with Crippen LogP contribution in [0.1, 0.15) is 28.7 Å². The van der Waals surface area contributed by atoms with E-state index in [1.807, 2.05) is 44.3 Å². The number of carbonyl (C=O) groups is 1. The molecule has 0 saturated heterocycles. The van der Waals surface area contributed by atoms with E-state index in [4.69, 9.17) is 0 Å². The quantitative estimate of drug-likeness (QED) is 0.628. The van der Waals surface area contributed by atoms with Crippen LogP contribution in [0.4, 0.5) is 13.2 Å². The number of benzene rings is 2. The van der Waals surface area contributed by atoms with Crippen LogP contribution in [0.25, 0.3) is 11.4 Å². The number of likely N-dealkylation sites (N-methyl/N-ethyl adjacent to an activating group) is 1. The largest absolute Gasteiger partial charge is 0.471 e. The van der Waals surface area contributed by atoms with Crippen LogP contribution in [0, 0.1) is 0 Å². The van der Waals surface area contributed by atoms with Crippen LogP contribution in [0.3, 0.4) is 0 Å². The van der Waals surface area contributed by atoms with Crippen molar-refractivity contribution in [2.75, 3.05) is 13.6 Å². The van der Waals surface area contributed by atoms with Gasteiger partial charge in [0.2, 0.25) is 5.82 Å². The third kappa shape index (κ3) is 5.66. The number of carbonyl (C=O) groups excluding carboxylic acids is 1. The molecule has 2 aromatic carbocycles. The Bertz CT molecular complexity index is 989. The molecule has 1 heterocycles. The van der Waals surface area contributed by atoms with Crippen molar-refractivity contribution < 1.29 is 22.5 Å². The maximum atomic E-state index is 12.6. The Morgan fingerprint density at radius 1 is 1.17 bits per heavy atom. The van der Waals surface area contributed by atoms with E-state index in [-0.39, 0.29) is 23.3 Å². The van der Waals surface area contributed by atoms with Crippen molar-refractivity contribution in [3.8, 4) is 11.4 Å². The number of nitrogens with zero attached hydrogens (tertiary/aromatic N) is 3. The fourth-order valence-corrected chi connectivity index (χ4v) is 3.04. The molecule has 0 unspecified atom stereocenters. The fraction of sp³-hybridized carbons (Fsp3) is 0.286. The molecule has 1 N–H and O–H groups in total. The topological polar surface area (TPSA) is 71.3 Å². The summed E-state index contributed by atoms with van der Waals surface area (Å²) in [6.07, 6.45) is -4.72. The zero-order valence-corrected chi connectivity index (χ0v) is 16.5. The van der Waals surface area contributed by atoms with Gasteiger partial charge in [-0.15, -0.1) is 0 Å². The third-order valence-corrected chi connectivity index (χ3v) is 4.31. The van der Waals surface area contributed by atoms with E-state index in [2.05, 4.69) is 24.9 Å². The maximum Gasteiger partial charge on any atom is 0.471 e. The van der Waals surface area contributed by atoms with Crippen molar-refractivity contribution in [2.45, 2.75) is 25.7 Å². The van der Waals surface area contributed by atoms with Gasteiger partial charge in [0.1, 0.15) is 0 Å². The maximum absolute atomic E-state index is 12.6. The number of hydrogen-bond acceptors (Lipinski definition) is 5. The molecular weight excluding hydrogens is 397 g/mol. The van der Waals surface area contributed by atoms with E-state index < -0.39 is 12.1 Å². The summed E-state index contributed by atoms with van der Waals surface area (Å²) in [5, 5.41) is 6.25. The summed E-state index contributed by atoms with van der Waals surface area (Å²) in [6.45, 7) is 3.26. The Labute approximate surface area is 171 Å². The minimum absolute atomic E-state index is 0.142. The summed E-state index contributed by atoms with van der Waals surface area (Å²) in [5.74, 6) is -1.99. The average Bonchev–Trinajstić information content (AvgIpc) is 3.19. The summed E-state index contributed by atoms with van der Waals surface area (Å²) >= 11 is 0. The SMILES string of the molecule is C[C@H](CN(C)Cc1ccccc1)NC(=O)c1cccc(-c2noc(C(F)(F)F)n2)c1. The first-order chi connectivity index (χ1) is 14.2. The summed E-state index contributed by atoms with van der Waals surface area (Å²) in [4.78, 5) is 18.0. The lowest BCUT2D eigenvalue weighted by Crippen LogP contribution is -2.40. The van der Waals surface area contributed by atoms with Gasteiger partial charge >= 0.3 is 12.1 Å². The molecule has 0 bridgehead atoms. The molecule has 3 aromatic rings. The summed E-state index contributed by atoms with van der Waals surface area (Å²) < 4.78 is 42.2. The standard InChI is InChI=1S/C21H21F3N4O2/c1-14(12-28(2)13-15-7-4-3-5-8-15)25-19(29)17-10-6-9-16(11-17)18-26-20(30-27-18)21(22,23)24/h3-11,14H,12-13H2,1-2H3,(H,25,29)/t14-/m1/s1. The molecule has 9 heteroatoms. The third-order valence-electron chi connectivity index (χ3n) is 4.31. The second-order valence-corrected chi connectivity index (χ2v) is 7.06. The Kier molecular flexibility index (Phi) is 6.51. The number of amides is 1. The number of hydrogen-bond donors (Lipinski definition) is 1. The number of halogens is 3. The molecule has 0 fully saturated rings. The lowest BCUT2D eigenvalue weighted by atomic mass is 10.1. The van der Waals surface area contributed by atoms with Crippen molar-refractivity contribution in [3.63, 3.8) is 0 Å². The van der Waals surface area contributed by atoms with Gasteiger partial charge in [0.15, 0.2) is 0 Å². The highest BCUT2D eigenvalue weighted by atomic mass is 19.4. The predicted octanol–water partition coefficient (Wildman–Crippen LogP) is 4.01. The molecular formula is C21H21F3N4O2. The lowest BCUT2D eigenvalue weighted by Gasteiger charge is -2.22. The molecule has 1 atom stereocenters. The van der Waals surface area contributed by atoms with Crippen molar-refractivity contribution in [1.82, 2.24) is 20.4 Å². The van der Waals surface area contributed by atoms with E-state index in [1.54, 1.807) is 12.1 Å². The fourth-order valence-electron chi connectivity index (χ4n) is 3.04. The van der Waals surface area contributed by atoms with E-state index in [0.717, 1.165) is 6.54 Å². The zero-order chi connectivity index (χ0) is 21.7. The van der Waals surface area contributed by atoms with E-state index in [0.29, 0.717) is 12.1 Å². The van der Waals surface area contributed by atoms with Crippen LogP contribution in [0.2, 0.25) is 0 Å². The second-order valence-electron chi connectivity index (χ2n) is 7.06. The summed E-state index contributed by atoms with van der Waals surface area (Å²) in [6, 6.07) is 15.9. The summed E-state index contributed by atoms with van der Waals surface area (Å²) in [7, 11) is 1.96. The van der Waals surface area contributed by atoms with Crippen molar-refractivity contribution in [2.24, 2.45) is 0 Å². The molecule has 0 aliphatic rings. The lowest BCUT2D eigenvalue weighted by molar-refractivity contribution is -0.159. The molecule has 0 aliphatic carbocycles. The minimum atomic E-state index is -4.72. The normalized spacial score (nSPS) is 12.7. The summed E-state index contributed by atoms with van der Waals surface area (Å²) in [5.41, 5.74) is 1.73. The van der Waals surface area contributed by atoms with Gasteiger partial charge in [0.05, 0.1) is 0 Å². The minimum Gasteiger partial charge on any atom is -0.348 e. The predicted molar refractivity (Wildman–Crippen MR) is 104 cm³/mol. The van der Waals surface area contributed by atoms with Crippen LogP contribution in [0.15, 0.2) is 59.1 Å². The Morgan fingerprint density at radius 3 is 2.57 bits per heavy atom. The average molecular weight is 418 g/mol. The smallest absolute Gasteiger partial charge is 0.348 e. The van der Waals surface area contributed by atoms with Gasteiger partial charge in [-0.25, -0.2) is 0 Å². The zero-order valence-electron chi connectivity index (χ0n) is 16.5. The van der Waals surface area contributed by atoms with E-state index in [1.165, 1.54) is 17.7 Å². The highest BCUT2D eigenvalue weighted by molar-refractivity contribution is 5.95. The molecule has 1 amide bonds. The van der Waals surface area contributed by atoms with Gasteiger partial charge in [-0.1, -0.05) is 47.6 Å². The van der Waals surface area contributed by atoms with Crippen molar-refractivity contribution in [3.05, 3.63) is 71.6 Å². The highest BCUT2D eigenvalue weighted by Gasteiger charge is 2.38. The molecule has 3 rings (SSSR count).